The highest BCUT2D eigenvalue weighted by atomic mass is 35.5. The Morgan fingerprint density at radius 3 is 2.78 bits per heavy atom. The van der Waals surface area contributed by atoms with Gasteiger partial charge in [-0.2, -0.15) is 0 Å². The van der Waals surface area contributed by atoms with Crippen LogP contribution in [0.1, 0.15) is 29.6 Å². The van der Waals surface area contributed by atoms with Crippen molar-refractivity contribution < 1.29 is 14.3 Å². The maximum atomic E-state index is 13.5. The third-order valence-electron chi connectivity index (χ3n) is 2.66. The molecule has 1 N–H and O–H groups in total. The highest BCUT2D eigenvalue weighted by Crippen LogP contribution is 2.16. The molecule has 5 heteroatoms. The lowest BCUT2D eigenvalue weighted by Gasteiger charge is -2.17. The molecule has 1 amide bonds. The quantitative estimate of drug-likeness (QED) is 0.810. The number of carbonyl (C=O) groups is 1. The minimum absolute atomic E-state index is 0.00726. The number of amides is 1. The fourth-order valence-electron chi connectivity index (χ4n) is 1.61. The van der Waals surface area contributed by atoms with Crippen molar-refractivity contribution in [1.82, 2.24) is 4.90 Å². The molecule has 0 saturated carbocycles. The summed E-state index contributed by atoms with van der Waals surface area (Å²) in [6.07, 6.45) is 2.34. The van der Waals surface area contributed by atoms with Crippen molar-refractivity contribution in [3.63, 3.8) is 0 Å². The van der Waals surface area contributed by atoms with Gasteiger partial charge in [0.1, 0.15) is 5.82 Å². The van der Waals surface area contributed by atoms with Crippen LogP contribution in [0, 0.1) is 5.82 Å². The third kappa shape index (κ3) is 4.27. The zero-order valence-electron chi connectivity index (χ0n) is 10.3. The Hall–Kier alpha value is -1.13. The van der Waals surface area contributed by atoms with Crippen LogP contribution >= 0.6 is 11.6 Å². The summed E-state index contributed by atoms with van der Waals surface area (Å²) in [5.74, 6) is -0.939. The molecule has 0 atom stereocenters. The Kier molecular flexibility index (Phi) is 6.09. The van der Waals surface area contributed by atoms with E-state index < -0.39 is 5.82 Å². The third-order valence-corrected chi connectivity index (χ3v) is 2.89. The summed E-state index contributed by atoms with van der Waals surface area (Å²) in [4.78, 5) is 13.4. The minimum Gasteiger partial charge on any atom is -0.396 e. The van der Waals surface area contributed by atoms with Crippen molar-refractivity contribution in [3.8, 4) is 0 Å². The Labute approximate surface area is 111 Å². The number of aliphatic hydroxyl groups excluding tert-OH is 1. The molecule has 1 aromatic carbocycles. The van der Waals surface area contributed by atoms with Crippen molar-refractivity contribution >= 4 is 17.5 Å². The van der Waals surface area contributed by atoms with E-state index in [1.165, 1.54) is 23.1 Å². The summed E-state index contributed by atoms with van der Waals surface area (Å²) < 4.78 is 13.5. The molecule has 1 rings (SSSR count). The van der Waals surface area contributed by atoms with Gasteiger partial charge in [0, 0.05) is 25.2 Å². The molecule has 18 heavy (non-hydrogen) atoms. The zero-order chi connectivity index (χ0) is 13.5. The van der Waals surface area contributed by atoms with E-state index >= 15 is 0 Å². The number of hydrogen-bond acceptors (Lipinski definition) is 2. The van der Waals surface area contributed by atoms with E-state index in [9.17, 15) is 9.18 Å². The lowest BCUT2D eigenvalue weighted by atomic mass is 10.1. The molecular weight excluding hydrogens is 257 g/mol. The van der Waals surface area contributed by atoms with Gasteiger partial charge in [-0.25, -0.2) is 4.39 Å². The molecule has 0 spiro atoms. The van der Waals surface area contributed by atoms with Crippen LogP contribution in [0.25, 0.3) is 0 Å². The molecule has 0 unspecified atom stereocenters. The van der Waals surface area contributed by atoms with Crippen LogP contribution in [0.4, 0.5) is 4.39 Å². The lowest BCUT2D eigenvalue weighted by Crippen LogP contribution is -2.28. The second kappa shape index (κ2) is 7.34. The predicted molar refractivity (Wildman–Crippen MR) is 69.3 cm³/mol. The van der Waals surface area contributed by atoms with Gasteiger partial charge in [-0.3, -0.25) is 4.79 Å². The molecule has 0 aliphatic carbocycles. The highest BCUT2D eigenvalue weighted by Gasteiger charge is 2.16. The van der Waals surface area contributed by atoms with E-state index in [0.717, 1.165) is 12.8 Å². The lowest BCUT2D eigenvalue weighted by molar-refractivity contribution is 0.0787. The van der Waals surface area contributed by atoms with Crippen molar-refractivity contribution in [2.75, 3.05) is 20.2 Å². The van der Waals surface area contributed by atoms with Gasteiger partial charge in [0.05, 0.1) is 5.56 Å². The molecule has 0 aliphatic heterocycles. The van der Waals surface area contributed by atoms with Gasteiger partial charge in [0.2, 0.25) is 0 Å². The predicted octanol–water partition coefficient (Wildman–Crippen LogP) is 2.71. The molecule has 0 heterocycles. The van der Waals surface area contributed by atoms with E-state index in [4.69, 9.17) is 16.7 Å². The van der Waals surface area contributed by atoms with Crippen LogP contribution in [0.2, 0.25) is 5.02 Å². The molecule has 3 nitrogen and oxygen atoms in total. The second-order valence-electron chi connectivity index (χ2n) is 4.14. The first kappa shape index (κ1) is 14.9. The molecule has 0 saturated heterocycles. The monoisotopic (exact) mass is 273 g/mol. The number of unbranched alkanes of at least 4 members (excludes halogenated alkanes) is 2. The molecular formula is C13H17ClFNO2. The molecule has 100 valence electrons. The summed E-state index contributed by atoms with van der Waals surface area (Å²) in [6.45, 7) is 0.686. The number of halogens is 2. The van der Waals surface area contributed by atoms with E-state index in [0.29, 0.717) is 18.0 Å². The van der Waals surface area contributed by atoms with Crippen molar-refractivity contribution in [1.29, 1.82) is 0 Å². The van der Waals surface area contributed by atoms with E-state index in [2.05, 4.69) is 0 Å². The number of benzene rings is 1. The first-order valence-electron chi connectivity index (χ1n) is 5.87. The molecule has 0 radical (unpaired) electrons. The summed E-state index contributed by atoms with van der Waals surface area (Å²) in [5, 5.41) is 8.98. The van der Waals surface area contributed by atoms with Gasteiger partial charge >= 0.3 is 0 Å². The number of aliphatic hydroxyl groups is 1. The van der Waals surface area contributed by atoms with Gasteiger partial charge < -0.3 is 10.0 Å². The van der Waals surface area contributed by atoms with E-state index in [1.807, 2.05) is 0 Å². The zero-order valence-corrected chi connectivity index (χ0v) is 11.1. The normalized spacial score (nSPS) is 10.4. The number of carbonyl (C=O) groups excluding carboxylic acids is 1. The van der Waals surface area contributed by atoms with Gasteiger partial charge in [-0.1, -0.05) is 11.6 Å². The van der Waals surface area contributed by atoms with Crippen LogP contribution in [0.15, 0.2) is 18.2 Å². The average Bonchev–Trinajstić information content (AvgIpc) is 2.36. The maximum absolute atomic E-state index is 13.5. The maximum Gasteiger partial charge on any atom is 0.256 e. The molecule has 0 fully saturated rings. The van der Waals surface area contributed by atoms with Gasteiger partial charge in [-0.15, -0.1) is 0 Å². The Bertz CT molecular complexity index is 412. The average molecular weight is 274 g/mol. The summed E-state index contributed by atoms with van der Waals surface area (Å²) in [5.41, 5.74) is -0.00726. The number of hydrogen-bond donors (Lipinski definition) is 1. The smallest absolute Gasteiger partial charge is 0.256 e. The van der Waals surface area contributed by atoms with Gasteiger partial charge in [-0.05, 0) is 37.5 Å². The SMILES string of the molecule is CN(CCCCCO)C(=O)c1cc(Cl)ccc1F. The fourth-order valence-corrected chi connectivity index (χ4v) is 1.78. The number of rotatable bonds is 6. The Morgan fingerprint density at radius 2 is 2.11 bits per heavy atom. The Balaban J connectivity index is 2.60. The van der Waals surface area contributed by atoms with Crippen LogP contribution in [-0.4, -0.2) is 36.1 Å². The molecule has 0 bridgehead atoms. The molecule has 0 aromatic heterocycles. The van der Waals surface area contributed by atoms with Crippen LogP contribution < -0.4 is 0 Å². The van der Waals surface area contributed by atoms with Crippen molar-refractivity contribution in [3.05, 3.63) is 34.6 Å². The summed E-state index contributed by atoms with van der Waals surface area (Å²) >= 11 is 5.75. The molecule has 1 aromatic rings. The Morgan fingerprint density at radius 1 is 1.39 bits per heavy atom. The van der Waals surface area contributed by atoms with Gasteiger partial charge in [0.25, 0.3) is 5.91 Å². The topological polar surface area (TPSA) is 40.5 Å². The van der Waals surface area contributed by atoms with Crippen LogP contribution in [-0.2, 0) is 0 Å². The first-order valence-corrected chi connectivity index (χ1v) is 6.25. The summed E-state index contributed by atoms with van der Waals surface area (Å²) in [6, 6.07) is 3.94. The fraction of sp³-hybridized carbons (Fsp3) is 0.462. The van der Waals surface area contributed by atoms with Crippen LogP contribution in [0.3, 0.4) is 0 Å². The van der Waals surface area contributed by atoms with E-state index in [-0.39, 0.29) is 18.1 Å². The summed E-state index contributed by atoms with van der Waals surface area (Å²) in [7, 11) is 1.63. The van der Waals surface area contributed by atoms with Crippen molar-refractivity contribution in [2.24, 2.45) is 0 Å². The highest BCUT2D eigenvalue weighted by molar-refractivity contribution is 6.30. The van der Waals surface area contributed by atoms with Crippen LogP contribution in [0.5, 0.6) is 0 Å². The second-order valence-corrected chi connectivity index (χ2v) is 4.57. The first-order chi connectivity index (χ1) is 8.56. The van der Waals surface area contributed by atoms with E-state index in [1.54, 1.807) is 7.05 Å². The largest absolute Gasteiger partial charge is 0.396 e. The molecule has 0 aliphatic rings. The standard InChI is InChI=1S/C13H17ClFNO2/c1-16(7-3-2-4-8-17)13(18)11-9-10(14)5-6-12(11)15/h5-6,9,17H,2-4,7-8H2,1H3. The minimum atomic E-state index is -0.563. The van der Waals surface area contributed by atoms with Crippen molar-refractivity contribution in [2.45, 2.75) is 19.3 Å². The number of nitrogens with zero attached hydrogens (tertiary/aromatic N) is 1. The van der Waals surface area contributed by atoms with Gasteiger partial charge in [0.15, 0.2) is 0 Å².